The minimum absolute atomic E-state index is 0.228. The van der Waals surface area contributed by atoms with Crippen LogP contribution < -0.4 is 4.52 Å². The molecule has 0 fully saturated rings. The summed E-state index contributed by atoms with van der Waals surface area (Å²) in [6, 6.07) is 0. The average Bonchev–Trinajstić information content (AvgIpc) is 2.12. The molecule has 0 aromatic carbocycles. The standard InChI is InChI=1S/C2H3ClN3O4P/c3-1-2(5-6-4-1)10-11(7,8)9/h(H,4,5,6)(H2,7,8,9). The molecule has 1 rings (SSSR count). The van der Waals surface area contributed by atoms with Crippen LogP contribution in [0.1, 0.15) is 0 Å². The number of phosphoric ester groups is 1. The second kappa shape index (κ2) is 2.78. The first-order chi connectivity index (χ1) is 4.99. The van der Waals surface area contributed by atoms with E-state index in [1.165, 1.54) is 0 Å². The van der Waals surface area contributed by atoms with Crippen LogP contribution in [0.4, 0.5) is 0 Å². The highest BCUT2D eigenvalue weighted by atomic mass is 35.5. The predicted molar refractivity (Wildman–Crippen MR) is 34.1 cm³/mol. The fraction of sp³-hybridized carbons (Fsp3) is 0. The van der Waals surface area contributed by atoms with Crippen LogP contribution in [0.25, 0.3) is 0 Å². The van der Waals surface area contributed by atoms with E-state index in [0.29, 0.717) is 0 Å². The number of phosphoric acid groups is 1. The summed E-state index contributed by atoms with van der Waals surface area (Å²) < 4.78 is 14.2. The van der Waals surface area contributed by atoms with E-state index in [2.05, 4.69) is 14.7 Å². The Hall–Kier alpha value is -0.620. The number of halogens is 1. The lowest BCUT2D eigenvalue weighted by molar-refractivity contribution is 0.279. The zero-order valence-corrected chi connectivity index (χ0v) is 6.58. The van der Waals surface area contributed by atoms with Crippen LogP contribution in [0.3, 0.4) is 0 Å². The summed E-state index contributed by atoms with van der Waals surface area (Å²) >= 11 is 5.27. The van der Waals surface area contributed by atoms with Gasteiger partial charge in [-0.1, -0.05) is 11.6 Å². The molecule has 0 aliphatic carbocycles. The molecule has 0 bridgehead atoms. The van der Waals surface area contributed by atoms with Crippen molar-refractivity contribution in [3.8, 4) is 5.88 Å². The molecule has 0 unspecified atom stereocenters. The Balaban J connectivity index is 2.80. The van der Waals surface area contributed by atoms with Crippen LogP contribution in [0, 0.1) is 0 Å². The fourth-order valence-electron chi connectivity index (χ4n) is 0.379. The number of hydrogen-bond acceptors (Lipinski definition) is 4. The Morgan fingerprint density at radius 3 is 2.55 bits per heavy atom. The van der Waals surface area contributed by atoms with E-state index in [9.17, 15) is 4.57 Å². The molecular weight excluding hydrogens is 196 g/mol. The number of nitrogens with one attached hydrogen (secondary N) is 1. The number of nitrogens with zero attached hydrogens (tertiary/aromatic N) is 2. The second-order valence-electron chi connectivity index (χ2n) is 1.50. The minimum Gasteiger partial charge on any atom is -0.381 e. The SMILES string of the molecule is O=P(O)(O)Oc1n[nH]nc1Cl. The van der Waals surface area contributed by atoms with Gasteiger partial charge in [0.1, 0.15) is 0 Å². The molecular formula is C2H3ClN3O4P. The molecule has 1 aromatic heterocycles. The first-order valence-corrected chi connectivity index (χ1v) is 4.21. The molecule has 0 aliphatic heterocycles. The van der Waals surface area contributed by atoms with Crippen molar-refractivity contribution < 1.29 is 18.9 Å². The zero-order chi connectivity index (χ0) is 8.48. The van der Waals surface area contributed by atoms with E-state index in [-0.39, 0.29) is 5.15 Å². The first-order valence-electron chi connectivity index (χ1n) is 2.30. The molecule has 0 atom stereocenters. The highest BCUT2D eigenvalue weighted by Gasteiger charge is 2.20. The number of aromatic amines is 1. The lowest BCUT2D eigenvalue weighted by Gasteiger charge is -2.00. The molecule has 0 amide bonds. The van der Waals surface area contributed by atoms with Crippen LogP contribution in [0.15, 0.2) is 0 Å². The molecule has 7 nitrogen and oxygen atoms in total. The summed E-state index contributed by atoms with van der Waals surface area (Å²) in [5, 5.41) is 8.27. The number of hydrogen-bond donors (Lipinski definition) is 3. The Morgan fingerprint density at radius 1 is 1.55 bits per heavy atom. The minimum atomic E-state index is -4.59. The Morgan fingerprint density at radius 2 is 2.18 bits per heavy atom. The predicted octanol–water partition coefficient (Wildman–Crippen LogP) is -0.0704. The van der Waals surface area contributed by atoms with Crippen LogP contribution >= 0.6 is 19.4 Å². The van der Waals surface area contributed by atoms with Gasteiger partial charge in [0.05, 0.1) is 0 Å². The van der Waals surface area contributed by atoms with Gasteiger partial charge in [0, 0.05) is 0 Å². The van der Waals surface area contributed by atoms with Gasteiger partial charge in [-0.3, -0.25) is 9.79 Å². The van der Waals surface area contributed by atoms with Crippen molar-refractivity contribution >= 4 is 19.4 Å². The van der Waals surface area contributed by atoms with Crippen LogP contribution in [0.2, 0.25) is 5.15 Å². The maximum Gasteiger partial charge on any atom is 0.526 e. The van der Waals surface area contributed by atoms with Gasteiger partial charge in [-0.15, -0.1) is 10.2 Å². The van der Waals surface area contributed by atoms with Crippen molar-refractivity contribution in [2.24, 2.45) is 0 Å². The van der Waals surface area contributed by atoms with Gasteiger partial charge >= 0.3 is 7.82 Å². The van der Waals surface area contributed by atoms with Gasteiger partial charge in [-0.05, 0) is 0 Å². The molecule has 0 radical (unpaired) electrons. The number of rotatable bonds is 2. The maximum absolute atomic E-state index is 10.2. The number of H-pyrrole nitrogens is 1. The Kier molecular flexibility index (Phi) is 2.15. The molecule has 1 heterocycles. The van der Waals surface area contributed by atoms with Crippen molar-refractivity contribution in [3.63, 3.8) is 0 Å². The first kappa shape index (κ1) is 8.48. The molecule has 0 saturated carbocycles. The van der Waals surface area contributed by atoms with Gasteiger partial charge in [0.15, 0.2) is 0 Å². The van der Waals surface area contributed by atoms with E-state index in [1.54, 1.807) is 0 Å². The molecule has 0 spiro atoms. The van der Waals surface area contributed by atoms with Gasteiger partial charge in [0.25, 0.3) is 5.88 Å². The summed E-state index contributed by atoms with van der Waals surface area (Å²) in [7, 11) is -4.59. The molecule has 11 heavy (non-hydrogen) atoms. The lowest BCUT2D eigenvalue weighted by atomic mass is 10.9. The zero-order valence-electron chi connectivity index (χ0n) is 4.93. The van der Waals surface area contributed by atoms with Crippen molar-refractivity contribution in [2.75, 3.05) is 0 Å². The quantitative estimate of drug-likeness (QED) is 0.576. The van der Waals surface area contributed by atoms with Crippen molar-refractivity contribution in [2.45, 2.75) is 0 Å². The maximum atomic E-state index is 10.2. The molecule has 0 aliphatic rings. The van der Waals surface area contributed by atoms with Gasteiger partial charge in [0.2, 0.25) is 5.15 Å². The lowest BCUT2D eigenvalue weighted by Crippen LogP contribution is -1.90. The van der Waals surface area contributed by atoms with Gasteiger partial charge < -0.3 is 4.52 Å². The largest absolute Gasteiger partial charge is 0.526 e. The van der Waals surface area contributed by atoms with Crippen molar-refractivity contribution in [3.05, 3.63) is 5.15 Å². The van der Waals surface area contributed by atoms with E-state index >= 15 is 0 Å². The average molecular weight is 199 g/mol. The Bertz CT molecular complexity index is 293. The monoisotopic (exact) mass is 199 g/mol. The van der Waals surface area contributed by atoms with Crippen LogP contribution in [0.5, 0.6) is 5.88 Å². The van der Waals surface area contributed by atoms with Gasteiger partial charge in [-0.2, -0.15) is 5.21 Å². The third kappa shape index (κ3) is 2.47. The smallest absolute Gasteiger partial charge is 0.381 e. The summed E-state index contributed by atoms with van der Waals surface area (Å²) in [5.74, 6) is -0.417. The third-order valence-electron chi connectivity index (χ3n) is 0.682. The highest BCUT2D eigenvalue weighted by molar-refractivity contribution is 7.46. The van der Waals surface area contributed by atoms with Crippen LogP contribution in [-0.4, -0.2) is 25.2 Å². The van der Waals surface area contributed by atoms with E-state index < -0.39 is 13.7 Å². The summed E-state index contributed by atoms with van der Waals surface area (Å²) in [6.07, 6.45) is 0. The molecule has 62 valence electrons. The van der Waals surface area contributed by atoms with Crippen molar-refractivity contribution in [1.29, 1.82) is 0 Å². The molecule has 0 saturated heterocycles. The summed E-state index contributed by atoms with van der Waals surface area (Å²) in [6.45, 7) is 0. The number of aromatic nitrogens is 3. The summed E-state index contributed by atoms with van der Waals surface area (Å²) in [4.78, 5) is 16.5. The molecule has 3 N–H and O–H groups in total. The summed E-state index contributed by atoms with van der Waals surface area (Å²) in [5.41, 5.74) is 0. The fourth-order valence-corrected chi connectivity index (χ4v) is 0.904. The highest BCUT2D eigenvalue weighted by Crippen LogP contribution is 2.38. The van der Waals surface area contributed by atoms with Crippen molar-refractivity contribution in [1.82, 2.24) is 15.4 Å². The molecule has 9 heteroatoms. The second-order valence-corrected chi connectivity index (χ2v) is 3.02. The van der Waals surface area contributed by atoms with Crippen LogP contribution in [-0.2, 0) is 4.57 Å². The topological polar surface area (TPSA) is 108 Å². The van der Waals surface area contributed by atoms with Gasteiger partial charge in [-0.25, -0.2) is 4.57 Å². The Labute approximate surface area is 65.6 Å². The van der Waals surface area contributed by atoms with E-state index in [0.717, 1.165) is 0 Å². The van der Waals surface area contributed by atoms with E-state index in [1.807, 2.05) is 5.21 Å². The van der Waals surface area contributed by atoms with E-state index in [4.69, 9.17) is 21.4 Å². The normalized spacial score (nSPS) is 11.5. The molecule has 1 aromatic rings. The third-order valence-corrected chi connectivity index (χ3v) is 1.34.